The van der Waals surface area contributed by atoms with E-state index in [0.717, 1.165) is 33.3 Å². The zero-order valence-corrected chi connectivity index (χ0v) is 15.4. The number of H-pyrrole nitrogens is 1. The Bertz CT molecular complexity index is 1390. The number of hydrogen-bond donors (Lipinski definition) is 1. The lowest BCUT2D eigenvalue weighted by molar-refractivity contribution is 1.28. The fourth-order valence-corrected chi connectivity index (χ4v) is 3.71. The second kappa shape index (κ2) is 7.49. The van der Waals surface area contributed by atoms with Gasteiger partial charge in [0.2, 0.25) is 0 Å². The van der Waals surface area contributed by atoms with Crippen molar-refractivity contribution in [2.24, 2.45) is 0 Å². The number of benzene rings is 2. The molecule has 0 aliphatic heterocycles. The van der Waals surface area contributed by atoms with Crippen LogP contribution >= 0.6 is 11.6 Å². The van der Waals surface area contributed by atoms with E-state index >= 15 is 0 Å². The third-order valence-electron chi connectivity index (χ3n) is 4.76. The molecule has 0 radical (unpaired) electrons. The van der Waals surface area contributed by atoms with Crippen LogP contribution in [0.1, 0.15) is 7.43 Å². The van der Waals surface area contributed by atoms with E-state index in [1.54, 1.807) is 12.4 Å². The topological polar surface area (TPSA) is 58.6 Å². The second-order valence-electron chi connectivity index (χ2n) is 6.52. The van der Waals surface area contributed by atoms with Crippen molar-refractivity contribution in [1.82, 2.24) is 15.0 Å². The summed E-state index contributed by atoms with van der Waals surface area (Å²) in [5.41, 5.74) is 4.73. The van der Waals surface area contributed by atoms with E-state index in [2.05, 4.69) is 9.97 Å². The quantitative estimate of drug-likeness (QED) is 0.390. The molecule has 0 spiro atoms. The smallest absolute Gasteiger partial charge is 0.191 e. The molecule has 0 saturated heterocycles. The van der Waals surface area contributed by atoms with Crippen molar-refractivity contribution >= 4 is 33.5 Å². The van der Waals surface area contributed by atoms with Crippen LogP contribution in [0.5, 0.6) is 0 Å². The molecule has 3 heterocycles. The summed E-state index contributed by atoms with van der Waals surface area (Å²) in [4.78, 5) is 24.6. The predicted molar refractivity (Wildman–Crippen MR) is 120 cm³/mol. The Morgan fingerprint density at radius 1 is 0.897 bits per heavy atom. The van der Waals surface area contributed by atoms with Crippen molar-refractivity contribution in [3.63, 3.8) is 0 Å². The van der Waals surface area contributed by atoms with Gasteiger partial charge in [0.25, 0.3) is 0 Å². The molecule has 0 aliphatic carbocycles. The van der Waals surface area contributed by atoms with E-state index < -0.39 is 0 Å². The Labute approximate surface area is 172 Å². The zero-order chi connectivity index (χ0) is 19.1. The maximum absolute atomic E-state index is 12.4. The van der Waals surface area contributed by atoms with Crippen LogP contribution in [0.25, 0.3) is 44.3 Å². The Kier molecular flexibility index (Phi) is 4.87. The van der Waals surface area contributed by atoms with Gasteiger partial charge in [-0.25, -0.2) is 4.98 Å². The van der Waals surface area contributed by atoms with E-state index in [-0.39, 0.29) is 12.9 Å². The van der Waals surface area contributed by atoms with Gasteiger partial charge in [-0.15, -0.1) is 0 Å². The molecule has 0 atom stereocenters. The molecule has 5 rings (SSSR count). The first-order valence-corrected chi connectivity index (χ1v) is 9.21. The third-order valence-corrected chi connectivity index (χ3v) is 5.05. The Hall–Kier alpha value is -3.50. The van der Waals surface area contributed by atoms with Gasteiger partial charge in [0.15, 0.2) is 5.43 Å². The van der Waals surface area contributed by atoms with Crippen molar-refractivity contribution in [3.05, 3.63) is 94.4 Å². The van der Waals surface area contributed by atoms with Crippen LogP contribution in [0.4, 0.5) is 0 Å². The molecule has 0 fully saturated rings. The molecular weight excluding hydrogens is 382 g/mol. The first-order valence-electron chi connectivity index (χ1n) is 8.83. The van der Waals surface area contributed by atoms with Gasteiger partial charge in [-0.1, -0.05) is 55.4 Å². The Morgan fingerprint density at radius 2 is 1.72 bits per heavy atom. The van der Waals surface area contributed by atoms with Gasteiger partial charge < -0.3 is 4.98 Å². The average molecular weight is 400 g/mol. The molecule has 0 unspecified atom stereocenters. The molecular formula is C24H18ClN3O. The van der Waals surface area contributed by atoms with Gasteiger partial charge in [-0.2, -0.15) is 0 Å². The SMILES string of the molecule is C.O=c1cc[nH]c2nc(-c3ccccc3)c(-c3cc(Cl)c4ncccc4c3)cc12. The molecule has 5 heteroatoms. The van der Waals surface area contributed by atoms with Gasteiger partial charge in [0.1, 0.15) is 5.65 Å². The summed E-state index contributed by atoms with van der Waals surface area (Å²) in [6.07, 6.45) is 3.34. The average Bonchev–Trinajstić information content (AvgIpc) is 2.74. The molecule has 4 nitrogen and oxygen atoms in total. The fraction of sp³-hybridized carbons (Fsp3) is 0.0417. The first kappa shape index (κ1) is 18.8. The van der Waals surface area contributed by atoms with E-state index in [1.807, 2.05) is 60.7 Å². The number of aromatic amines is 1. The number of halogens is 1. The van der Waals surface area contributed by atoms with Gasteiger partial charge in [0.05, 0.1) is 21.6 Å². The Balaban J connectivity index is 0.00000205. The molecule has 0 bridgehead atoms. The predicted octanol–water partition coefficient (Wildman–Crippen LogP) is 6.09. The number of fused-ring (bicyclic) bond motifs is 2. The standard InChI is InChI=1S/C23H14ClN3O.CH4/c24-19-12-16(11-15-7-4-9-25-22(15)19)17-13-18-20(28)8-10-26-23(18)27-21(17)14-5-2-1-3-6-14;/h1-13H,(H,26,27,28);1H4. The third kappa shape index (κ3) is 3.28. The highest BCUT2D eigenvalue weighted by molar-refractivity contribution is 6.35. The summed E-state index contributed by atoms with van der Waals surface area (Å²) in [5.74, 6) is 0. The molecule has 29 heavy (non-hydrogen) atoms. The minimum absolute atomic E-state index is 0. The normalized spacial score (nSPS) is 10.8. The molecule has 0 amide bonds. The number of pyridine rings is 3. The van der Waals surface area contributed by atoms with Crippen LogP contribution < -0.4 is 5.43 Å². The monoisotopic (exact) mass is 399 g/mol. The molecule has 2 aromatic carbocycles. The van der Waals surface area contributed by atoms with E-state index in [9.17, 15) is 4.79 Å². The fourth-order valence-electron chi connectivity index (χ4n) is 3.44. The first-order chi connectivity index (χ1) is 13.7. The Morgan fingerprint density at radius 3 is 2.55 bits per heavy atom. The number of rotatable bonds is 2. The molecule has 0 aliphatic rings. The summed E-state index contributed by atoms with van der Waals surface area (Å²) >= 11 is 6.51. The van der Waals surface area contributed by atoms with Gasteiger partial charge in [-0.3, -0.25) is 9.78 Å². The summed E-state index contributed by atoms with van der Waals surface area (Å²) in [6.45, 7) is 0. The lowest BCUT2D eigenvalue weighted by Crippen LogP contribution is -2.03. The molecule has 3 aromatic heterocycles. The highest BCUT2D eigenvalue weighted by Gasteiger charge is 2.14. The highest BCUT2D eigenvalue weighted by Crippen LogP contribution is 2.35. The van der Waals surface area contributed by atoms with Crippen LogP contribution in [-0.4, -0.2) is 15.0 Å². The van der Waals surface area contributed by atoms with Crippen LogP contribution in [0.3, 0.4) is 0 Å². The molecule has 5 aromatic rings. The summed E-state index contributed by atoms with van der Waals surface area (Å²) in [6, 6.07) is 21.1. The number of aromatic nitrogens is 3. The van der Waals surface area contributed by atoms with Crippen molar-refractivity contribution in [2.75, 3.05) is 0 Å². The molecule has 0 saturated carbocycles. The van der Waals surface area contributed by atoms with E-state index in [4.69, 9.17) is 16.6 Å². The van der Waals surface area contributed by atoms with E-state index in [1.165, 1.54) is 6.07 Å². The van der Waals surface area contributed by atoms with Crippen LogP contribution in [0, 0.1) is 0 Å². The number of hydrogen-bond acceptors (Lipinski definition) is 3. The number of nitrogens with one attached hydrogen (secondary N) is 1. The molecule has 142 valence electrons. The molecule has 1 N–H and O–H groups in total. The largest absolute Gasteiger partial charge is 0.346 e. The van der Waals surface area contributed by atoms with Crippen LogP contribution in [0.15, 0.2) is 83.9 Å². The van der Waals surface area contributed by atoms with Crippen molar-refractivity contribution in [3.8, 4) is 22.4 Å². The van der Waals surface area contributed by atoms with Crippen molar-refractivity contribution in [1.29, 1.82) is 0 Å². The second-order valence-corrected chi connectivity index (χ2v) is 6.93. The van der Waals surface area contributed by atoms with Gasteiger partial charge in [-0.05, 0) is 29.8 Å². The lowest BCUT2D eigenvalue weighted by atomic mass is 9.97. The minimum atomic E-state index is -0.0735. The van der Waals surface area contributed by atoms with Crippen LogP contribution in [0.2, 0.25) is 5.02 Å². The summed E-state index contributed by atoms with van der Waals surface area (Å²) < 4.78 is 0. The van der Waals surface area contributed by atoms with Gasteiger partial charge >= 0.3 is 0 Å². The van der Waals surface area contributed by atoms with Crippen molar-refractivity contribution < 1.29 is 0 Å². The maximum atomic E-state index is 12.4. The van der Waals surface area contributed by atoms with E-state index in [0.29, 0.717) is 16.1 Å². The summed E-state index contributed by atoms with van der Waals surface area (Å²) in [7, 11) is 0. The van der Waals surface area contributed by atoms with Crippen molar-refractivity contribution in [2.45, 2.75) is 7.43 Å². The van der Waals surface area contributed by atoms with Crippen LogP contribution in [-0.2, 0) is 0 Å². The minimum Gasteiger partial charge on any atom is -0.346 e. The van der Waals surface area contributed by atoms with Gasteiger partial charge in [0, 0.05) is 35.0 Å². The highest BCUT2D eigenvalue weighted by atomic mass is 35.5. The number of nitrogens with zero attached hydrogens (tertiary/aromatic N) is 2. The lowest BCUT2D eigenvalue weighted by Gasteiger charge is -2.12. The maximum Gasteiger partial charge on any atom is 0.191 e. The summed E-state index contributed by atoms with van der Waals surface area (Å²) in [5, 5.41) is 2.04. The zero-order valence-electron chi connectivity index (χ0n) is 14.7.